The maximum atomic E-state index is 10.9. The molecular formula is C11H19NO4S. The lowest BCUT2D eigenvalue weighted by Gasteiger charge is -2.24. The first kappa shape index (κ1) is 16.1. The van der Waals surface area contributed by atoms with Gasteiger partial charge in [-0.1, -0.05) is 13.0 Å². The van der Waals surface area contributed by atoms with Crippen LogP contribution in [0.3, 0.4) is 0 Å². The maximum Gasteiger partial charge on any atom is 0.294 e. The molecule has 1 aromatic carbocycles. The zero-order chi connectivity index (χ0) is 12.6. The van der Waals surface area contributed by atoms with Crippen LogP contribution in [0.15, 0.2) is 23.1 Å². The highest BCUT2D eigenvalue weighted by molar-refractivity contribution is 7.85. The highest BCUT2D eigenvalue weighted by Gasteiger charge is 2.23. The molecule has 0 saturated carbocycles. The molecule has 0 saturated heterocycles. The standard InChI is InChI=1S/C11H16O4S.H3N/c1-4-11(3,12)10-6-5-9(7-8(10)2)16(13,14)15;/h5-7,12H,4H2,1-3H3,(H,13,14,15);1H3. The van der Waals surface area contributed by atoms with Crippen molar-refractivity contribution in [2.45, 2.75) is 37.7 Å². The van der Waals surface area contributed by atoms with Crippen molar-refractivity contribution in [3.8, 4) is 0 Å². The maximum absolute atomic E-state index is 10.9. The van der Waals surface area contributed by atoms with Gasteiger partial charge in [0.15, 0.2) is 0 Å². The smallest absolute Gasteiger partial charge is 0.294 e. The molecule has 5 N–H and O–H groups in total. The zero-order valence-corrected chi connectivity index (χ0v) is 11.1. The summed E-state index contributed by atoms with van der Waals surface area (Å²) in [6, 6.07) is 4.18. The molecule has 0 fully saturated rings. The second-order valence-corrected chi connectivity index (χ2v) is 5.50. The molecule has 1 unspecified atom stereocenters. The minimum absolute atomic E-state index is 0. The Labute approximate surface area is 102 Å². The Morgan fingerprint density at radius 1 is 1.35 bits per heavy atom. The largest absolute Gasteiger partial charge is 0.385 e. The average molecular weight is 261 g/mol. The van der Waals surface area contributed by atoms with Gasteiger partial charge in [0.2, 0.25) is 0 Å². The highest BCUT2D eigenvalue weighted by atomic mass is 32.2. The first-order valence-electron chi connectivity index (χ1n) is 4.99. The number of aryl methyl sites for hydroxylation is 1. The van der Waals surface area contributed by atoms with E-state index in [0.29, 0.717) is 17.5 Å². The Bertz CT molecular complexity index is 494. The molecule has 0 aliphatic carbocycles. The monoisotopic (exact) mass is 261 g/mol. The summed E-state index contributed by atoms with van der Waals surface area (Å²) in [6.45, 7) is 5.22. The van der Waals surface area contributed by atoms with Gasteiger partial charge in [0, 0.05) is 0 Å². The molecule has 0 bridgehead atoms. The van der Waals surface area contributed by atoms with Gasteiger partial charge < -0.3 is 11.3 Å². The lowest BCUT2D eigenvalue weighted by atomic mass is 9.90. The van der Waals surface area contributed by atoms with Gasteiger partial charge in [-0.3, -0.25) is 4.55 Å². The van der Waals surface area contributed by atoms with E-state index in [1.54, 1.807) is 13.8 Å². The van der Waals surface area contributed by atoms with Gasteiger partial charge >= 0.3 is 0 Å². The van der Waals surface area contributed by atoms with E-state index in [1.165, 1.54) is 18.2 Å². The molecule has 6 heteroatoms. The third-order valence-electron chi connectivity index (χ3n) is 2.76. The summed E-state index contributed by atoms with van der Waals surface area (Å²) in [7, 11) is -4.18. The third-order valence-corrected chi connectivity index (χ3v) is 3.61. The van der Waals surface area contributed by atoms with E-state index in [0.717, 1.165) is 0 Å². The first-order valence-corrected chi connectivity index (χ1v) is 6.43. The van der Waals surface area contributed by atoms with Crippen LogP contribution in [0.2, 0.25) is 0 Å². The second kappa shape index (κ2) is 5.14. The number of aliphatic hydroxyl groups is 1. The second-order valence-electron chi connectivity index (χ2n) is 4.08. The fraction of sp³-hybridized carbons (Fsp3) is 0.455. The fourth-order valence-corrected chi connectivity index (χ4v) is 2.16. The summed E-state index contributed by atoms with van der Waals surface area (Å²) < 4.78 is 30.7. The van der Waals surface area contributed by atoms with Crippen LogP contribution in [0.25, 0.3) is 0 Å². The molecule has 0 heterocycles. The summed E-state index contributed by atoms with van der Waals surface area (Å²) in [6.07, 6.45) is 0.527. The number of benzene rings is 1. The van der Waals surface area contributed by atoms with Gasteiger partial charge in [-0.15, -0.1) is 0 Å². The number of hydrogen-bond donors (Lipinski definition) is 3. The zero-order valence-electron chi connectivity index (χ0n) is 10.3. The molecule has 0 aromatic heterocycles. The van der Waals surface area contributed by atoms with E-state index in [1.807, 2.05) is 6.92 Å². The van der Waals surface area contributed by atoms with Gasteiger partial charge in [0.05, 0.1) is 10.5 Å². The Balaban J connectivity index is 0.00000256. The van der Waals surface area contributed by atoms with Gasteiger partial charge in [-0.25, -0.2) is 0 Å². The van der Waals surface area contributed by atoms with Gasteiger partial charge in [0.1, 0.15) is 0 Å². The van der Waals surface area contributed by atoms with E-state index in [9.17, 15) is 13.5 Å². The summed E-state index contributed by atoms with van der Waals surface area (Å²) in [5.41, 5.74) is 0.325. The summed E-state index contributed by atoms with van der Waals surface area (Å²) in [5, 5.41) is 10.1. The van der Waals surface area contributed by atoms with Crippen LogP contribution in [-0.4, -0.2) is 18.1 Å². The average Bonchev–Trinajstić information content (AvgIpc) is 2.16. The Hall–Kier alpha value is -0.950. The van der Waals surface area contributed by atoms with Crippen LogP contribution >= 0.6 is 0 Å². The molecule has 0 aliphatic heterocycles. The third kappa shape index (κ3) is 3.50. The molecule has 17 heavy (non-hydrogen) atoms. The van der Waals surface area contributed by atoms with Crippen molar-refractivity contribution in [2.24, 2.45) is 0 Å². The van der Waals surface area contributed by atoms with Crippen molar-refractivity contribution in [1.82, 2.24) is 6.15 Å². The van der Waals surface area contributed by atoms with Crippen molar-refractivity contribution in [3.05, 3.63) is 29.3 Å². The van der Waals surface area contributed by atoms with E-state index in [4.69, 9.17) is 4.55 Å². The molecule has 0 aliphatic rings. The van der Waals surface area contributed by atoms with Crippen molar-refractivity contribution < 1.29 is 18.1 Å². The van der Waals surface area contributed by atoms with Crippen LogP contribution < -0.4 is 6.15 Å². The van der Waals surface area contributed by atoms with Crippen LogP contribution in [0, 0.1) is 6.92 Å². The van der Waals surface area contributed by atoms with E-state index in [2.05, 4.69) is 0 Å². The van der Waals surface area contributed by atoms with E-state index in [-0.39, 0.29) is 11.0 Å². The lowest BCUT2D eigenvalue weighted by Crippen LogP contribution is -2.21. The molecule has 1 aromatic rings. The van der Waals surface area contributed by atoms with Crippen LogP contribution in [0.1, 0.15) is 31.4 Å². The Morgan fingerprint density at radius 3 is 2.24 bits per heavy atom. The molecule has 1 rings (SSSR count). The Kier molecular flexibility index (Phi) is 4.85. The first-order chi connectivity index (χ1) is 7.18. The van der Waals surface area contributed by atoms with Gasteiger partial charge in [-0.2, -0.15) is 8.42 Å². The summed E-state index contributed by atoms with van der Waals surface area (Å²) in [5.74, 6) is 0. The molecule has 1 atom stereocenters. The van der Waals surface area contributed by atoms with Crippen LogP contribution in [-0.2, 0) is 15.7 Å². The lowest BCUT2D eigenvalue weighted by molar-refractivity contribution is 0.0524. The molecule has 5 nitrogen and oxygen atoms in total. The minimum Gasteiger partial charge on any atom is -0.385 e. The van der Waals surface area contributed by atoms with E-state index < -0.39 is 15.7 Å². The molecule has 98 valence electrons. The van der Waals surface area contributed by atoms with Crippen LogP contribution in [0.5, 0.6) is 0 Å². The molecular weight excluding hydrogens is 242 g/mol. The number of rotatable bonds is 3. The fourth-order valence-electron chi connectivity index (χ4n) is 1.59. The van der Waals surface area contributed by atoms with Crippen molar-refractivity contribution >= 4 is 10.1 Å². The Morgan fingerprint density at radius 2 is 1.88 bits per heavy atom. The van der Waals surface area contributed by atoms with Gasteiger partial charge in [-0.05, 0) is 43.5 Å². The summed E-state index contributed by atoms with van der Waals surface area (Å²) in [4.78, 5) is -0.152. The molecule has 0 radical (unpaired) electrons. The quantitative estimate of drug-likeness (QED) is 0.721. The normalized spacial score (nSPS) is 14.9. The van der Waals surface area contributed by atoms with Crippen molar-refractivity contribution in [3.63, 3.8) is 0 Å². The van der Waals surface area contributed by atoms with Crippen LogP contribution in [0.4, 0.5) is 0 Å². The molecule has 0 spiro atoms. The van der Waals surface area contributed by atoms with Crippen molar-refractivity contribution in [2.75, 3.05) is 0 Å². The summed E-state index contributed by atoms with van der Waals surface area (Å²) >= 11 is 0. The molecule has 0 amide bonds. The topological polar surface area (TPSA) is 110 Å². The SMILES string of the molecule is CCC(C)(O)c1ccc(S(=O)(=O)O)cc1C.N. The predicted molar refractivity (Wildman–Crippen MR) is 65.9 cm³/mol. The predicted octanol–water partition coefficient (Wildman–Crippen LogP) is 2.02. The van der Waals surface area contributed by atoms with Gasteiger partial charge in [0.25, 0.3) is 10.1 Å². The van der Waals surface area contributed by atoms with Crippen molar-refractivity contribution in [1.29, 1.82) is 0 Å². The minimum atomic E-state index is -4.18. The highest BCUT2D eigenvalue weighted by Crippen LogP contribution is 2.28. The van der Waals surface area contributed by atoms with E-state index >= 15 is 0 Å². The number of hydrogen-bond acceptors (Lipinski definition) is 4.